The summed E-state index contributed by atoms with van der Waals surface area (Å²) in [5.74, 6) is -0.0545. The Labute approximate surface area is 150 Å². The molecule has 1 aromatic carbocycles. The maximum Gasteiger partial charge on any atom is 0.310 e. The molecule has 0 amide bonds. The summed E-state index contributed by atoms with van der Waals surface area (Å²) >= 11 is 2.30. The lowest BCUT2D eigenvalue weighted by Gasteiger charge is -2.43. The molecule has 3 rings (SSSR count). The zero-order chi connectivity index (χ0) is 16.4. The van der Waals surface area contributed by atoms with Gasteiger partial charge in [0.05, 0.1) is 19.7 Å². The fourth-order valence-electron chi connectivity index (χ4n) is 4.41. The van der Waals surface area contributed by atoms with Gasteiger partial charge >= 0.3 is 5.97 Å². The van der Waals surface area contributed by atoms with Crippen LogP contribution in [0.1, 0.15) is 37.2 Å². The Morgan fingerprint density at radius 2 is 2.09 bits per heavy atom. The molecule has 2 heterocycles. The van der Waals surface area contributed by atoms with Crippen LogP contribution in [0.3, 0.4) is 0 Å². The van der Waals surface area contributed by atoms with Gasteiger partial charge in [-0.2, -0.15) is 0 Å². The van der Waals surface area contributed by atoms with Crippen molar-refractivity contribution in [1.82, 2.24) is 4.90 Å². The zero-order valence-corrected chi connectivity index (χ0v) is 15.5. The number of piperidine rings is 1. The van der Waals surface area contributed by atoms with Gasteiger partial charge in [-0.1, -0.05) is 12.1 Å². The van der Waals surface area contributed by atoms with Crippen LogP contribution in [0.5, 0.6) is 0 Å². The molecule has 0 aliphatic carbocycles. The van der Waals surface area contributed by atoms with Gasteiger partial charge in [0, 0.05) is 28.1 Å². The Balaban J connectivity index is 1.88. The number of hydrogen-bond donors (Lipinski definition) is 0. The lowest BCUT2D eigenvalue weighted by molar-refractivity contribution is -0.150. The predicted molar refractivity (Wildman–Crippen MR) is 96.1 cm³/mol. The van der Waals surface area contributed by atoms with Gasteiger partial charge in [0.1, 0.15) is 0 Å². The molecule has 0 spiro atoms. The van der Waals surface area contributed by atoms with E-state index in [1.54, 1.807) is 0 Å². The van der Waals surface area contributed by atoms with Gasteiger partial charge in [0.15, 0.2) is 0 Å². The first-order valence-electron chi connectivity index (χ1n) is 8.30. The molecule has 2 aliphatic rings. The quantitative estimate of drug-likeness (QED) is 0.526. The van der Waals surface area contributed by atoms with Crippen molar-refractivity contribution in [1.29, 1.82) is 0 Å². The summed E-state index contributed by atoms with van der Waals surface area (Å²) in [4.78, 5) is 14.9. The molecule has 5 heteroatoms. The molecule has 0 aromatic heterocycles. The molecule has 2 bridgehead atoms. The van der Waals surface area contributed by atoms with Gasteiger partial charge in [-0.3, -0.25) is 14.1 Å². The Morgan fingerprint density at radius 1 is 1.35 bits per heavy atom. The summed E-state index contributed by atoms with van der Waals surface area (Å²) in [5.41, 5.74) is 1.22. The number of carbonyl (C=O) groups excluding carboxylic acids is 1. The van der Waals surface area contributed by atoms with E-state index in [4.69, 9.17) is 4.74 Å². The van der Waals surface area contributed by atoms with Crippen molar-refractivity contribution in [2.75, 3.05) is 20.3 Å². The van der Waals surface area contributed by atoms with E-state index in [1.807, 2.05) is 0 Å². The fraction of sp³-hybridized carbons (Fsp3) is 0.611. The number of alkyl halides is 1. The number of rotatable bonds is 5. The summed E-state index contributed by atoms with van der Waals surface area (Å²) in [6.45, 7) is 0.456. The first-order valence-corrected chi connectivity index (χ1v) is 9.38. The second-order valence-corrected chi connectivity index (χ2v) is 7.77. The van der Waals surface area contributed by atoms with Crippen molar-refractivity contribution in [2.24, 2.45) is 5.92 Å². The third kappa shape index (κ3) is 3.40. The highest BCUT2D eigenvalue weighted by Gasteiger charge is 2.50. The lowest BCUT2D eigenvalue weighted by Crippen LogP contribution is -2.51. The van der Waals surface area contributed by atoms with Crippen LogP contribution in [0.25, 0.3) is 0 Å². The first kappa shape index (κ1) is 17.1. The van der Waals surface area contributed by atoms with E-state index < -0.39 is 0 Å². The lowest BCUT2D eigenvalue weighted by atomic mass is 9.76. The van der Waals surface area contributed by atoms with E-state index in [2.05, 4.69) is 51.8 Å². The number of carbonyl (C=O) groups is 1. The molecule has 1 aromatic rings. The Bertz CT molecular complexity index is 550. The van der Waals surface area contributed by atoms with Gasteiger partial charge < -0.3 is 4.74 Å². The number of ether oxygens (including phenoxy) is 1. The zero-order valence-electron chi connectivity index (χ0n) is 13.4. The van der Waals surface area contributed by atoms with Crippen molar-refractivity contribution in [3.63, 3.8) is 0 Å². The van der Waals surface area contributed by atoms with Gasteiger partial charge in [-0.15, -0.1) is 0 Å². The summed E-state index contributed by atoms with van der Waals surface area (Å²) < 4.78 is 18.9. The van der Waals surface area contributed by atoms with Crippen LogP contribution in [0, 0.1) is 9.49 Å². The SMILES string of the molecule is COC(=O)C1C2CC[C@H](C[C@@H]1c1ccc(I)cc1)N2CCCF. The Kier molecular flexibility index (Phi) is 5.57. The van der Waals surface area contributed by atoms with E-state index in [1.165, 1.54) is 16.2 Å². The van der Waals surface area contributed by atoms with Crippen LogP contribution in [0.2, 0.25) is 0 Å². The van der Waals surface area contributed by atoms with Gasteiger partial charge in [-0.25, -0.2) is 0 Å². The van der Waals surface area contributed by atoms with E-state index in [-0.39, 0.29) is 30.5 Å². The predicted octanol–water partition coefficient (Wildman–Crippen LogP) is 3.76. The standard InChI is InChI=1S/C18H23FINO2/c1-23-18(22)17-15(12-3-5-13(20)6-4-12)11-14-7-8-16(17)21(14)10-2-9-19/h3-6,14-17H,2,7-11H2,1H3/t14-,15-,16?,17?/m1/s1. The van der Waals surface area contributed by atoms with Crippen LogP contribution in [-0.4, -0.2) is 43.3 Å². The third-order valence-corrected chi connectivity index (χ3v) is 6.11. The van der Waals surface area contributed by atoms with Gasteiger partial charge in [0.25, 0.3) is 0 Å². The second kappa shape index (κ2) is 7.47. The van der Waals surface area contributed by atoms with Crippen molar-refractivity contribution in [3.05, 3.63) is 33.4 Å². The second-order valence-electron chi connectivity index (χ2n) is 6.52. The molecule has 3 nitrogen and oxygen atoms in total. The van der Waals surface area contributed by atoms with E-state index in [9.17, 15) is 9.18 Å². The molecule has 2 aliphatic heterocycles. The van der Waals surface area contributed by atoms with Gasteiger partial charge in [0.2, 0.25) is 0 Å². The number of fused-ring (bicyclic) bond motifs is 2. The molecule has 0 N–H and O–H groups in total. The monoisotopic (exact) mass is 431 g/mol. The average Bonchev–Trinajstić information content (AvgIpc) is 2.84. The number of methoxy groups -OCH3 is 1. The summed E-state index contributed by atoms with van der Waals surface area (Å²) in [6, 6.07) is 9.13. The van der Waals surface area contributed by atoms with Crippen LogP contribution < -0.4 is 0 Å². The fourth-order valence-corrected chi connectivity index (χ4v) is 4.77. The molecular weight excluding hydrogens is 408 g/mol. The highest BCUT2D eigenvalue weighted by Crippen LogP contribution is 2.47. The summed E-state index contributed by atoms with van der Waals surface area (Å²) in [5, 5.41) is 0. The van der Waals surface area contributed by atoms with Gasteiger partial charge in [-0.05, 0) is 66.0 Å². The maximum atomic E-state index is 12.6. The van der Waals surface area contributed by atoms with E-state index >= 15 is 0 Å². The van der Waals surface area contributed by atoms with Crippen LogP contribution >= 0.6 is 22.6 Å². The molecule has 126 valence electrons. The van der Waals surface area contributed by atoms with Crippen molar-refractivity contribution >= 4 is 28.6 Å². The number of esters is 1. The highest BCUT2D eigenvalue weighted by atomic mass is 127. The number of benzene rings is 1. The largest absolute Gasteiger partial charge is 0.469 e. The van der Waals surface area contributed by atoms with Crippen molar-refractivity contribution < 1.29 is 13.9 Å². The molecule has 2 saturated heterocycles. The summed E-state index contributed by atoms with van der Waals surface area (Å²) in [7, 11) is 1.47. The molecule has 23 heavy (non-hydrogen) atoms. The first-order chi connectivity index (χ1) is 11.2. The smallest absolute Gasteiger partial charge is 0.310 e. The van der Waals surface area contributed by atoms with Crippen LogP contribution in [0.15, 0.2) is 24.3 Å². The molecule has 0 saturated carbocycles. The van der Waals surface area contributed by atoms with E-state index in [0.29, 0.717) is 12.5 Å². The minimum absolute atomic E-state index is 0.121. The summed E-state index contributed by atoms with van der Waals surface area (Å²) in [6.07, 6.45) is 3.63. The van der Waals surface area contributed by atoms with E-state index in [0.717, 1.165) is 25.8 Å². The minimum atomic E-state index is -0.292. The molecule has 2 unspecified atom stereocenters. The third-order valence-electron chi connectivity index (χ3n) is 5.39. The average molecular weight is 431 g/mol. The Morgan fingerprint density at radius 3 is 2.74 bits per heavy atom. The molecule has 0 radical (unpaired) electrons. The topological polar surface area (TPSA) is 29.5 Å². The highest BCUT2D eigenvalue weighted by molar-refractivity contribution is 14.1. The van der Waals surface area contributed by atoms with Crippen LogP contribution in [-0.2, 0) is 9.53 Å². The number of halogens is 2. The maximum absolute atomic E-state index is 12.6. The molecule has 4 atom stereocenters. The molecular formula is C18H23FINO2. The Hall–Kier alpha value is -0.690. The van der Waals surface area contributed by atoms with Crippen molar-refractivity contribution in [3.8, 4) is 0 Å². The molecule has 2 fully saturated rings. The minimum Gasteiger partial charge on any atom is -0.469 e. The normalized spacial score (nSPS) is 30.4. The number of hydrogen-bond acceptors (Lipinski definition) is 3. The van der Waals surface area contributed by atoms with Crippen molar-refractivity contribution in [2.45, 2.75) is 43.7 Å². The van der Waals surface area contributed by atoms with Crippen LogP contribution in [0.4, 0.5) is 4.39 Å². The number of nitrogens with zero attached hydrogens (tertiary/aromatic N) is 1.